The number of hydrogen-bond acceptors (Lipinski definition) is 6. The number of hydrogen-bond donors (Lipinski definition) is 1. The van der Waals surface area contributed by atoms with Crippen LogP contribution in [0, 0.1) is 0 Å². The fourth-order valence-electron chi connectivity index (χ4n) is 0.844. The second-order valence-electron chi connectivity index (χ2n) is 2.45. The van der Waals surface area contributed by atoms with E-state index in [9.17, 15) is 0 Å². The molecule has 0 radical (unpaired) electrons. The molecule has 13 heavy (non-hydrogen) atoms. The summed E-state index contributed by atoms with van der Waals surface area (Å²) in [4.78, 5) is 8.84. The van der Waals surface area contributed by atoms with Crippen molar-refractivity contribution in [3.8, 4) is 0 Å². The van der Waals surface area contributed by atoms with Gasteiger partial charge in [0.25, 0.3) is 0 Å². The van der Waals surface area contributed by atoms with Gasteiger partial charge >= 0.3 is 0 Å². The van der Waals surface area contributed by atoms with Gasteiger partial charge in [0.15, 0.2) is 0 Å². The van der Waals surface area contributed by atoms with Crippen LogP contribution in [0.1, 0.15) is 12.7 Å². The Labute approximate surface area is 81.0 Å². The maximum Gasteiger partial charge on any atom is 0.202 e. The Morgan fingerprint density at radius 1 is 1.69 bits per heavy atom. The zero-order valence-electron chi connectivity index (χ0n) is 7.87. The minimum Gasteiger partial charge on any atom is -0.399 e. The van der Waals surface area contributed by atoms with Gasteiger partial charge in [-0.3, -0.25) is 0 Å². The highest BCUT2D eigenvalue weighted by Gasteiger charge is 2.03. The summed E-state index contributed by atoms with van der Waals surface area (Å²) in [6.07, 6.45) is 0.631. The van der Waals surface area contributed by atoms with Crippen molar-refractivity contribution in [2.24, 2.45) is 5.16 Å². The van der Waals surface area contributed by atoms with Crippen molar-refractivity contribution in [1.82, 2.24) is 9.36 Å². The zero-order chi connectivity index (χ0) is 9.68. The molecule has 0 aromatic carbocycles. The lowest BCUT2D eigenvalue weighted by Gasteiger charge is -1.93. The second kappa shape index (κ2) is 4.76. The Kier molecular flexibility index (Phi) is 3.63. The quantitative estimate of drug-likeness (QED) is 0.585. The maximum atomic E-state index is 4.63. The van der Waals surface area contributed by atoms with Crippen LogP contribution in [-0.2, 0) is 11.3 Å². The normalized spacial score (nSPS) is 11.5. The van der Waals surface area contributed by atoms with Gasteiger partial charge in [-0.05, 0) is 6.92 Å². The van der Waals surface area contributed by atoms with Crippen molar-refractivity contribution >= 4 is 22.4 Å². The Bertz CT molecular complexity index is 296. The Hall–Kier alpha value is -1.17. The first-order valence-electron chi connectivity index (χ1n) is 3.83. The Balaban J connectivity index is 2.58. The van der Waals surface area contributed by atoms with Crippen LogP contribution in [0.15, 0.2) is 5.16 Å². The van der Waals surface area contributed by atoms with Gasteiger partial charge in [0.05, 0.1) is 12.1 Å². The molecule has 0 aliphatic rings. The van der Waals surface area contributed by atoms with Gasteiger partial charge in [-0.1, -0.05) is 5.16 Å². The summed E-state index contributed by atoms with van der Waals surface area (Å²) in [5, 5.41) is 7.52. The molecule has 6 heteroatoms. The molecule has 5 nitrogen and oxygen atoms in total. The molecule has 0 saturated carbocycles. The van der Waals surface area contributed by atoms with Crippen LogP contribution in [0.25, 0.3) is 0 Å². The van der Waals surface area contributed by atoms with E-state index >= 15 is 0 Å². The zero-order valence-corrected chi connectivity index (χ0v) is 8.68. The molecule has 72 valence electrons. The van der Waals surface area contributed by atoms with Crippen LogP contribution in [0.4, 0.5) is 5.13 Å². The average molecular weight is 200 g/mol. The molecular formula is C7H12N4OS. The van der Waals surface area contributed by atoms with Gasteiger partial charge in [0.1, 0.15) is 12.9 Å². The molecule has 1 rings (SSSR count). The summed E-state index contributed by atoms with van der Waals surface area (Å²) in [5.41, 5.74) is 0.864. The summed E-state index contributed by atoms with van der Waals surface area (Å²) in [6.45, 7) is 1.88. The molecule has 0 aliphatic heterocycles. The van der Waals surface area contributed by atoms with Crippen molar-refractivity contribution < 1.29 is 4.84 Å². The minimum atomic E-state index is 0.631. The highest BCUT2D eigenvalue weighted by molar-refractivity contribution is 7.09. The van der Waals surface area contributed by atoms with Crippen LogP contribution in [0.3, 0.4) is 0 Å². The molecule has 1 aromatic rings. The number of rotatable bonds is 4. The van der Waals surface area contributed by atoms with Crippen LogP contribution in [-0.4, -0.2) is 29.2 Å². The summed E-state index contributed by atoms with van der Waals surface area (Å²) < 4.78 is 4.14. The fraction of sp³-hybridized carbons (Fsp3) is 0.571. The standard InChI is InChI=1S/C7H12N4OS/c1-5(10-12-3)4-6-9-7(8-2)13-11-6/h4H2,1-3H3,(H,8,9,11). The highest BCUT2D eigenvalue weighted by Crippen LogP contribution is 2.10. The Morgan fingerprint density at radius 3 is 3.00 bits per heavy atom. The average Bonchev–Trinajstić information content (AvgIpc) is 2.52. The minimum absolute atomic E-state index is 0.631. The van der Waals surface area contributed by atoms with Crippen LogP contribution < -0.4 is 5.32 Å². The van der Waals surface area contributed by atoms with Crippen molar-refractivity contribution in [3.63, 3.8) is 0 Å². The number of nitrogens with zero attached hydrogens (tertiary/aromatic N) is 3. The summed E-state index contributed by atoms with van der Waals surface area (Å²) in [5.74, 6) is 0.771. The number of oxime groups is 1. The topological polar surface area (TPSA) is 59.4 Å². The van der Waals surface area contributed by atoms with E-state index < -0.39 is 0 Å². The lowest BCUT2D eigenvalue weighted by Crippen LogP contribution is -2.00. The first kappa shape index (κ1) is 9.91. The molecule has 0 amide bonds. The van der Waals surface area contributed by atoms with Crippen molar-refractivity contribution in [3.05, 3.63) is 5.82 Å². The predicted molar refractivity (Wildman–Crippen MR) is 53.3 cm³/mol. The summed E-state index contributed by atoms with van der Waals surface area (Å²) in [6, 6.07) is 0. The Morgan fingerprint density at radius 2 is 2.46 bits per heavy atom. The van der Waals surface area contributed by atoms with Crippen LogP contribution in [0.2, 0.25) is 0 Å². The monoisotopic (exact) mass is 200 g/mol. The predicted octanol–water partition coefficient (Wildman–Crippen LogP) is 1.14. The number of anilines is 1. The molecular weight excluding hydrogens is 188 g/mol. The maximum absolute atomic E-state index is 4.63. The first-order chi connectivity index (χ1) is 6.26. The molecule has 0 aliphatic carbocycles. The number of aromatic nitrogens is 2. The van der Waals surface area contributed by atoms with E-state index in [0.717, 1.165) is 16.7 Å². The van der Waals surface area contributed by atoms with Crippen molar-refractivity contribution in [2.45, 2.75) is 13.3 Å². The first-order valence-corrected chi connectivity index (χ1v) is 4.60. The van der Waals surface area contributed by atoms with Crippen LogP contribution in [0.5, 0.6) is 0 Å². The molecule has 0 bridgehead atoms. The van der Waals surface area contributed by atoms with Crippen LogP contribution >= 0.6 is 11.5 Å². The second-order valence-corrected chi connectivity index (χ2v) is 3.20. The SMILES string of the molecule is CNc1nc(CC(C)=NOC)ns1. The molecule has 1 aromatic heterocycles. The van der Waals surface area contributed by atoms with E-state index in [1.54, 1.807) is 0 Å². The highest BCUT2D eigenvalue weighted by atomic mass is 32.1. The van der Waals surface area contributed by atoms with Crippen molar-refractivity contribution in [2.75, 3.05) is 19.5 Å². The molecule has 0 unspecified atom stereocenters. The third-order valence-electron chi connectivity index (χ3n) is 1.34. The smallest absolute Gasteiger partial charge is 0.202 e. The molecule has 0 fully saturated rings. The lowest BCUT2D eigenvalue weighted by molar-refractivity contribution is 0.212. The van der Waals surface area contributed by atoms with Gasteiger partial charge in [0, 0.05) is 18.6 Å². The third-order valence-corrected chi connectivity index (χ3v) is 2.11. The van der Waals surface area contributed by atoms with E-state index in [0.29, 0.717) is 6.42 Å². The largest absolute Gasteiger partial charge is 0.399 e. The van der Waals surface area contributed by atoms with Crippen molar-refractivity contribution in [1.29, 1.82) is 0 Å². The molecule has 0 spiro atoms. The van der Waals surface area contributed by atoms with Gasteiger partial charge < -0.3 is 10.2 Å². The van der Waals surface area contributed by atoms with E-state index in [1.165, 1.54) is 18.6 Å². The van der Waals surface area contributed by atoms with Gasteiger partial charge in [-0.25, -0.2) is 4.98 Å². The third kappa shape index (κ3) is 2.98. The fourth-order valence-corrected chi connectivity index (χ4v) is 1.38. The molecule has 1 N–H and O–H groups in total. The lowest BCUT2D eigenvalue weighted by atomic mass is 10.3. The van der Waals surface area contributed by atoms with E-state index in [-0.39, 0.29) is 0 Å². The van der Waals surface area contributed by atoms with Gasteiger partial charge in [-0.15, -0.1) is 0 Å². The molecule has 0 saturated heterocycles. The number of nitrogens with one attached hydrogen (secondary N) is 1. The summed E-state index contributed by atoms with van der Waals surface area (Å²) >= 11 is 1.34. The van der Waals surface area contributed by atoms with Gasteiger partial charge in [0.2, 0.25) is 5.13 Å². The van der Waals surface area contributed by atoms with Gasteiger partial charge in [-0.2, -0.15) is 4.37 Å². The van der Waals surface area contributed by atoms with E-state index in [4.69, 9.17) is 0 Å². The molecule has 1 heterocycles. The molecule has 0 atom stereocenters. The summed E-state index contributed by atoms with van der Waals surface area (Å²) in [7, 11) is 3.34. The van der Waals surface area contributed by atoms with E-state index in [2.05, 4.69) is 24.7 Å². The van der Waals surface area contributed by atoms with E-state index in [1.807, 2.05) is 14.0 Å².